The van der Waals surface area contributed by atoms with E-state index in [0.29, 0.717) is 30.0 Å². The van der Waals surface area contributed by atoms with Crippen LogP contribution in [-0.4, -0.2) is 56.2 Å². The van der Waals surface area contributed by atoms with Crippen LogP contribution in [0.1, 0.15) is 123 Å². The van der Waals surface area contributed by atoms with E-state index in [1.807, 2.05) is 11.5 Å². The van der Waals surface area contributed by atoms with E-state index < -0.39 is 27.1 Å². The minimum Gasteiger partial charge on any atom is -0.480 e. The Morgan fingerprint density at radius 2 is 1.33 bits per heavy atom. The molecule has 0 spiro atoms. The van der Waals surface area contributed by atoms with Gasteiger partial charge in [-0.1, -0.05) is 84.5 Å². The zero-order chi connectivity index (χ0) is 31.3. The fourth-order valence-electron chi connectivity index (χ4n) is 5.04. The Labute approximate surface area is 256 Å². The number of hydrogen-bond acceptors (Lipinski definition) is 7. The highest BCUT2D eigenvalue weighted by Gasteiger charge is 2.28. The van der Waals surface area contributed by atoms with Crippen molar-refractivity contribution in [3.63, 3.8) is 0 Å². The van der Waals surface area contributed by atoms with Crippen LogP contribution in [0.5, 0.6) is 0 Å². The van der Waals surface area contributed by atoms with E-state index in [2.05, 4.69) is 20.3 Å². The molecule has 0 aliphatic heterocycles. The highest BCUT2D eigenvalue weighted by molar-refractivity contribution is 7.92. The number of nitrogens with zero attached hydrogens (tertiary/aromatic N) is 4. The van der Waals surface area contributed by atoms with Crippen molar-refractivity contribution < 1.29 is 23.1 Å². The summed E-state index contributed by atoms with van der Waals surface area (Å²) in [6.45, 7) is 9.37. The van der Waals surface area contributed by atoms with Gasteiger partial charge in [0.05, 0.1) is 5.25 Å². The first-order chi connectivity index (χ1) is 19.9. The zero-order valence-corrected chi connectivity index (χ0v) is 27.6. The Hall–Kier alpha value is -2.27. The molecule has 0 aromatic carbocycles. The number of aryl methyl sites for hydroxylation is 2. The lowest BCUT2D eigenvalue weighted by atomic mass is 10.0. The molecule has 2 aromatic heterocycles. The first-order valence-electron chi connectivity index (χ1n) is 15.5. The third-order valence-electron chi connectivity index (χ3n) is 7.66. The summed E-state index contributed by atoms with van der Waals surface area (Å²) in [5, 5.41) is 11.0. The van der Waals surface area contributed by atoms with Gasteiger partial charge in [-0.25, -0.2) is 23.2 Å². The van der Waals surface area contributed by atoms with Gasteiger partial charge in [0.1, 0.15) is 17.4 Å². The Balaban J connectivity index is 1.56. The molecule has 0 aliphatic carbocycles. The first kappa shape index (κ1) is 35.9. The van der Waals surface area contributed by atoms with E-state index in [0.717, 1.165) is 38.5 Å². The second-order valence-corrected chi connectivity index (χ2v) is 14.6. The van der Waals surface area contributed by atoms with E-state index in [1.165, 1.54) is 44.9 Å². The lowest BCUT2D eigenvalue weighted by Crippen LogP contribution is -2.44. The number of sulfone groups is 1. The molecule has 0 fully saturated rings. The van der Waals surface area contributed by atoms with Gasteiger partial charge in [-0.05, 0) is 51.1 Å². The fraction of sp³-hybridized carbons (Fsp3) is 0.767. The molecule has 12 heteroatoms. The van der Waals surface area contributed by atoms with Gasteiger partial charge in [0.15, 0.2) is 20.5 Å². The summed E-state index contributed by atoms with van der Waals surface area (Å²) in [5.74, 6) is -0.572. The van der Waals surface area contributed by atoms with Gasteiger partial charge in [0.2, 0.25) is 11.2 Å². The van der Waals surface area contributed by atoms with Gasteiger partial charge >= 0.3 is 5.97 Å². The largest absolute Gasteiger partial charge is 0.480 e. The molecule has 2 heterocycles. The number of carbonyl (C=O) groups is 2. The lowest BCUT2D eigenvalue weighted by molar-refractivity contribution is -0.143. The van der Waals surface area contributed by atoms with Crippen molar-refractivity contribution in [2.45, 2.75) is 147 Å². The molecule has 2 aromatic rings. The van der Waals surface area contributed by atoms with Crippen LogP contribution in [0.25, 0.3) is 11.2 Å². The van der Waals surface area contributed by atoms with Gasteiger partial charge in [-0.2, -0.15) is 4.98 Å². The number of carboxylic acids is 1. The number of aromatic nitrogens is 4. The number of rotatable bonds is 21. The summed E-state index contributed by atoms with van der Waals surface area (Å²) in [6, 6.07) is -0.813. The molecule has 1 atom stereocenters. The van der Waals surface area contributed by atoms with Crippen molar-refractivity contribution >= 4 is 44.5 Å². The number of nitrogens with one attached hydrogen (secondary N) is 1. The molecular formula is C30H50ClN5O5S. The Bertz CT molecular complexity index is 1260. The molecule has 0 aliphatic rings. The van der Waals surface area contributed by atoms with Crippen LogP contribution in [0, 0.1) is 12.8 Å². The van der Waals surface area contributed by atoms with Crippen LogP contribution in [0.3, 0.4) is 0 Å². The van der Waals surface area contributed by atoms with Gasteiger partial charge in [0, 0.05) is 13.0 Å². The summed E-state index contributed by atoms with van der Waals surface area (Å²) >= 11 is 6.01. The maximum atomic E-state index is 12.9. The maximum absolute atomic E-state index is 12.9. The van der Waals surface area contributed by atoms with Crippen LogP contribution in [0.15, 0.2) is 5.03 Å². The summed E-state index contributed by atoms with van der Waals surface area (Å²) < 4.78 is 27.8. The minimum absolute atomic E-state index is 0.0340. The molecule has 0 saturated heterocycles. The Kier molecular flexibility index (Phi) is 15.2. The smallest absolute Gasteiger partial charge is 0.326 e. The fourth-order valence-corrected chi connectivity index (χ4v) is 6.39. The van der Waals surface area contributed by atoms with E-state index in [4.69, 9.17) is 16.7 Å². The monoisotopic (exact) mass is 627 g/mol. The van der Waals surface area contributed by atoms with Gasteiger partial charge in [0.25, 0.3) is 0 Å². The van der Waals surface area contributed by atoms with Crippen LogP contribution in [0.4, 0.5) is 0 Å². The minimum atomic E-state index is -3.63. The molecule has 238 valence electrons. The SMILES string of the molecule is Cc1nc2nc(Cl)nc(S(=O)(=O)C(C)C)c2n1CCCCCCCCCCCCCCCC(=O)N[C@H](C(=O)O)C(C)C. The molecule has 2 rings (SSSR count). The van der Waals surface area contributed by atoms with E-state index in [9.17, 15) is 18.0 Å². The van der Waals surface area contributed by atoms with Crippen molar-refractivity contribution in [1.29, 1.82) is 0 Å². The highest BCUT2D eigenvalue weighted by atomic mass is 35.5. The van der Waals surface area contributed by atoms with Crippen molar-refractivity contribution in [3.05, 3.63) is 11.1 Å². The normalized spacial score (nSPS) is 12.9. The standard InChI is InChI=1S/C30H50ClN5O5S/c1-21(2)25(29(38)39)33-24(37)19-17-15-13-11-9-7-6-8-10-12-14-16-18-20-36-23(5)32-27-26(36)28(35-30(31)34-27)42(40,41)22(3)4/h21-22,25H,6-20H2,1-5H3,(H,33,37)(H,38,39)/t25-/m0/s1. The quantitative estimate of drug-likeness (QED) is 0.0888. The van der Waals surface area contributed by atoms with Crippen molar-refractivity contribution in [2.75, 3.05) is 0 Å². The number of aliphatic carboxylic acids is 1. The summed E-state index contributed by atoms with van der Waals surface area (Å²) in [7, 11) is -3.63. The number of halogens is 1. The third-order valence-corrected chi connectivity index (χ3v) is 9.89. The van der Waals surface area contributed by atoms with Crippen LogP contribution in [-0.2, 0) is 26.0 Å². The zero-order valence-electron chi connectivity index (χ0n) is 26.0. The second kappa shape index (κ2) is 17.8. The number of hydrogen-bond donors (Lipinski definition) is 2. The molecule has 0 radical (unpaired) electrons. The van der Waals surface area contributed by atoms with Crippen LogP contribution >= 0.6 is 11.6 Å². The maximum Gasteiger partial charge on any atom is 0.326 e. The summed E-state index contributed by atoms with van der Waals surface area (Å²) in [4.78, 5) is 35.8. The van der Waals surface area contributed by atoms with Gasteiger partial charge < -0.3 is 15.0 Å². The predicted octanol–water partition coefficient (Wildman–Crippen LogP) is 6.66. The molecule has 1 amide bonds. The van der Waals surface area contributed by atoms with E-state index in [-0.39, 0.29) is 22.1 Å². The number of fused-ring (bicyclic) bond motifs is 1. The van der Waals surface area contributed by atoms with E-state index in [1.54, 1.807) is 27.7 Å². The van der Waals surface area contributed by atoms with Crippen molar-refractivity contribution in [2.24, 2.45) is 5.92 Å². The molecule has 0 bridgehead atoms. The third kappa shape index (κ3) is 11.1. The highest BCUT2D eigenvalue weighted by Crippen LogP contribution is 2.26. The second-order valence-electron chi connectivity index (χ2n) is 11.8. The van der Waals surface area contributed by atoms with Crippen molar-refractivity contribution in [1.82, 2.24) is 24.8 Å². The molecule has 10 nitrogen and oxygen atoms in total. The van der Waals surface area contributed by atoms with Gasteiger partial charge in [-0.15, -0.1) is 0 Å². The first-order valence-corrected chi connectivity index (χ1v) is 17.4. The molecule has 0 unspecified atom stereocenters. The average Bonchev–Trinajstić information content (AvgIpc) is 3.22. The molecule has 2 N–H and O–H groups in total. The molecule has 42 heavy (non-hydrogen) atoms. The topological polar surface area (TPSA) is 144 Å². The summed E-state index contributed by atoms with van der Waals surface area (Å²) in [5.41, 5.74) is 0.776. The van der Waals surface area contributed by atoms with E-state index >= 15 is 0 Å². The predicted molar refractivity (Wildman–Crippen MR) is 166 cm³/mol. The number of carbonyl (C=O) groups excluding carboxylic acids is 1. The van der Waals surface area contributed by atoms with Crippen LogP contribution in [0.2, 0.25) is 5.28 Å². The Morgan fingerprint density at radius 1 is 0.833 bits per heavy atom. The molecule has 0 saturated carbocycles. The average molecular weight is 628 g/mol. The number of imidazole rings is 1. The lowest BCUT2D eigenvalue weighted by Gasteiger charge is -2.17. The number of carboxylic acid groups (broad SMARTS) is 1. The van der Waals surface area contributed by atoms with Gasteiger partial charge in [-0.3, -0.25) is 4.79 Å². The number of amides is 1. The Morgan fingerprint density at radius 3 is 1.81 bits per heavy atom. The van der Waals surface area contributed by atoms with Crippen molar-refractivity contribution in [3.8, 4) is 0 Å². The summed E-state index contributed by atoms with van der Waals surface area (Å²) in [6.07, 6.45) is 14.9. The molecular weight excluding hydrogens is 578 g/mol. The number of unbranched alkanes of at least 4 members (excludes halogenated alkanes) is 12. The van der Waals surface area contributed by atoms with Crippen LogP contribution < -0.4 is 5.32 Å².